The van der Waals surface area contributed by atoms with Crippen LogP contribution in [-0.2, 0) is 19.6 Å². The van der Waals surface area contributed by atoms with Gasteiger partial charge in [-0.2, -0.15) is 4.31 Å². The van der Waals surface area contributed by atoms with Gasteiger partial charge in [-0.15, -0.1) is 0 Å². The molecule has 1 aromatic rings. The Morgan fingerprint density at radius 2 is 1.75 bits per heavy atom. The van der Waals surface area contributed by atoms with Crippen LogP contribution in [0.25, 0.3) is 0 Å². The molecule has 1 saturated carbocycles. The van der Waals surface area contributed by atoms with Gasteiger partial charge in [0.1, 0.15) is 5.78 Å². The van der Waals surface area contributed by atoms with Crippen LogP contribution in [0.3, 0.4) is 0 Å². The molecule has 0 radical (unpaired) electrons. The molecule has 28 heavy (non-hydrogen) atoms. The summed E-state index contributed by atoms with van der Waals surface area (Å²) in [7, 11) is -3.65. The minimum atomic E-state index is -3.65. The van der Waals surface area contributed by atoms with Gasteiger partial charge < -0.3 is 0 Å². The minimum Gasteiger partial charge on any atom is -0.300 e. The highest BCUT2D eigenvalue weighted by atomic mass is 32.2. The molecule has 2 aliphatic carbocycles. The molecule has 150 valence electrons. The number of carbonyl (C=O) groups is 2. The van der Waals surface area contributed by atoms with Crippen LogP contribution in [-0.4, -0.2) is 37.4 Å². The highest BCUT2D eigenvalue weighted by Gasteiger charge is 2.62. The lowest BCUT2D eigenvalue weighted by Crippen LogP contribution is -2.42. The average Bonchev–Trinajstić information content (AvgIpc) is 3.07. The quantitative estimate of drug-likeness (QED) is 0.762. The lowest BCUT2D eigenvalue weighted by molar-refractivity contribution is -0.131. The molecule has 3 aliphatic rings. The van der Waals surface area contributed by atoms with Crippen molar-refractivity contribution in [3.05, 3.63) is 41.0 Å². The summed E-state index contributed by atoms with van der Waals surface area (Å²) >= 11 is 0. The van der Waals surface area contributed by atoms with Gasteiger partial charge in [-0.05, 0) is 36.5 Å². The zero-order valence-corrected chi connectivity index (χ0v) is 17.7. The number of allylic oxidation sites excluding steroid dienone is 1. The molecule has 0 unspecified atom stereocenters. The second-order valence-electron chi connectivity index (χ2n) is 9.51. The monoisotopic (exact) mass is 401 g/mol. The van der Waals surface area contributed by atoms with Crippen molar-refractivity contribution in [2.75, 3.05) is 13.1 Å². The van der Waals surface area contributed by atoms with E-state index in [4.69, 9.17) is 0 Å². The fraction of sp³-hybridized carbons (Fsp3) is 0.545. The van der Waals surface area contributed by atoms with E-state index in [0.29, 0.717) is 19.4 Å². The first-order chi connectivity index (χ1) is 13.0. The number of aryl methyl sites for hydroxylation is 1. The first kappa shape index (κ1) is 19.5. The van der Waals surface area contributed by atoms with Crippen molar-refractivity contribution in [1.82, 2.24) is 4.31 Å². The van der Waals surface area contributed by atoms with E-state index in [1.54, 1.807) is 24.3 Å². The predicted octanol–water partition coefficient (Wildman–Crippen LogP) is 3.28. The molecule has 2 atom stereocenters. The molecule has 0 aromatic heterocycles. The molecular formula is C22H27NO4S. The van der Waals surface area contributed by atoms with Gasteiger partial charge in [-0.25, -0.2) is 8.42 Å². The SMILES string of the molecule is Cc1ccc(S(=O)(=O)N2CC3=C(C(C)(C)C)C(=O)[C@H]4CC(=O)CC[C@@]34C2)cc1. The molecule has 1 aromatic carbocycles. The Kier molecular flexibility index (Phi) is 4.25. The smallest absolute Gasteiger partial charge is 0.243 e. The molecule has 0 bridgehead atoms. The Morgan fingerprint density at radius 3 is 2.36 bits per heavy atom. The Bertz CT molecular complexity index is 998. The second kappa shape index (κ2) is 6.10. The van der Waals surface area contributed by atoms with Crippen molar-refractivity contribution in [1.29, 1.82) is 0 Å². The molecule has 5 nitrogen and oxygen atoms in total. The zero-order chi connectivity index (χ0) is 20.5. The number of Topliss-reactive ketones (excluding diaryl/α,β-unsaturated/α-hetero) is 2. The fourth-order valence-corrected chi connectivity index (χ4v) is 6.74. The molecule has 1 aliphatic heterocycles. The van der Waals surface area contributed by atoms with Gasteiger partial charge in [-0.1, -0.05) is 38.5 Å². The summed E-state index contributed by atoms with van der Waals surface area (Å²) in [6, 6.07) is 6.88. The first-order valence-corrected chi connectivity index (χ1v) is 11.3. The lowest BCUT2D eigenvalue weighted by Gasteiger charge is -2.36. The number of rotatable bonds is 2. The summed E-state index contributed by atoms with van der Waals surface area (Å²) in [5.41, 5.74) is 1.83. The van der Waals surface area contributed by atoms with Crippen LogP contribution in [0.1, 0.15) is 45.6 Å². The maximum absolute atomic E-state index is 13.3. The summed E-state index contributed by atoms with van der Waals surface area (Å²) < 4.78 is 28.1. The Labute approximate surface area is 166 Å². The van der Waals surface area contributed by atoms with E-state index < -0.39 is 21.4 Å². The van der Waals surface area contributed by atoms with Gasteiger partial charge in [0.05, 0.1) is 4.90 Å². The standard InChI is InChI=1S/C22H27NO4S/c1-14-5-7-16(8-6-14)28(26,27)23-12-18-19(21(2,3)4)20(25)17-11-15(24)9-10-22(17,18)13-23/h5-8,17H,9-13H2,1-4H3/t17-,22+/m1/s1. The van der Waals surface area contributed by atoms with Crippen molar-refractivity contribution in [3.8, 4) is 0 Å². The summed E-state index contributed by atoms with van der Waals surface area (Å²) in [5, 5.41) is 0. The maximum Gasteiger partial charge on any atom is 0.243 e. The average molecular weight is 402 g/mol. The number of ketones is 2. The van der Waals surface area contributed by atoms with Gasteiger partial charge >= 0.3 is 0 Å². The molecule has 1 heterocycles. The predicted molar refractivity (Wildman–Crippen MR) is 106 cm³/mol. The fourth-order valence-electron chi connectivity index (χ4n) is 5.26. The summed E-state index contributed by atoms with van der Waals surface area (Å²) in [6.45, 7) is 8.46. The van der Waals surface area contributed by atoms with Crippen LogP contribution in [0.15, 0.2) is 40.3 Å². The number of nitrogens with zero attached hydrogens (tertiary/aromatic N) is 1. The molecule has 2 fully saturated rings. The molecule has 4 rings (SSSR count). The van der Waals surface area contributed by atoms with Gasteiger partial charge in [0.15, 0.2) is 5.78 Å². The van der Waals surface area contributed by atoms with Crippen molar-refractivity contribution >= 4 is 21.6 Å². The number of hydrogen-bond acceptors (Lipinski definition) is 4. The lowest BCUT2D eigenvalue weighted by atomic mass is 9.66. The van der Waals surface area contributed by atoms with E-state index in [0.717, 1.165) is 16.7 Å². The van der Waals surface area contributed by atoms with Crippen molar-refractivity contribution in [2.45, 2.75) is 51.9 Å². The van der Waals surface area contributed by atoms with Crippen LogP contribution in [0.5, 0.6) is 0 Å². The first-order valence-electron chi connectivity index (χ1n) is 9.84. The van der Waals surface area contributed by atoms with Crippen LogP contribution in [0.4, 0.5) is 0 Å². The number of benzene rings is 1. The molecule has 0 N–H and O–H groups in total. The minimum absolute atomic E-state index is 0.0583. The van der Waals surface area contributed by atoms with Crippen molar-refractivity contribution < 1.29 is 18.0 Å². The zero-order valence-electron chi connectivity index (χ0n) is 16.9. The molecule has 6 heteroatoms. The van der Waals surface area contributed by atoms with E-state index in [-0.39, 0.29) is 34.8 Å². The third-order valence-corrected chi connectivity index (χ3v) is 8.42. The normalized spacial score (nSPS) is 28.6. The van der Waals surface area contributed by atoms with Crippen molar-refractivity contribution in [3.63, 3.8) is 0 Å². The molecule has 1 spiro atoms. The van der Waals surface area contributed by atoms with E-state index >= 15 is 0 Å². The van der Waals surface area contributed by atoms with Crippen LogP contribution in [0, 0.1) is 23.7 Å². The molecule has 1 saturated heterocycles. The van der Waals surface area contributed by atoms with Gasteiger partial charge in [-0.3, -0.25) is 9.59 Å². The topological polar surface area (TPSA) is 71.5 Å². The van der Waals surface area contributed by atoms with E-state index in [1.165, 1.54) is 4.31 Å². The summed E-state index contributed by atoms with van der Waals surface area (Å²) in [4.78, 5) is 25.6. The maximum atomic E-state index is 13.3. The van der Waals surface area contributed by atoms with E-state index in [1.807, 2.05) is 27.7 Å². The third kappa shape index (κ3) is 2.72. The number of sulfonamides is 1. The Balaban J connectivity index is 1.81. The summed E-state index contributed by atoms with van der Waals surface area (Å²) in [6.07, 6.45) is 1.22. The van der Waals surface area contributed by atoms with Crippen molar-refractivity contribution in [2.24, 2.45) is 16.7 Å². The number of carbonyl (C=O) groups excluding carboxylic acids is 2. The molecule has 0 amide bonds. The van der Waals surface area contributed by atoms with Crippen LogP contribution < -0.4 is 0 Å². The van der Waals surface area contributed by atoms with E-state index in [9.17, 15) is 18.0 Å². The van der Waals surface area contributed by atoms with Gasteiger partial charge in [0, 0.05) is 42.8 Å². The highest BCUT2D eigenvalue weighted by Crippen LogP contribution is 2.59. The van der Waals surface area contributed by atoms with Gasteiger partial charge in [0.2, 0.25) is 10.0 Å². The Morgan fingerprint density at radius 1 is 1.11 bits per heavy atom. The van der Waals surface area contributed by atoms with Gasteiger partial charge in [0.25, 0.3) is 0 Å². The van der Waals surface area contributed by atoms with E-state index in [2.05, 4.69) is 0 Å². The summed E-state index contributed by atoms with van der Waals surface area (Å²) in [5.74, 6) is -0.238. The molecular weight excluding hydrogens is 374 g/mol. The third-order valence-electron chi connectivity index (χ3n) is 6.62. The van der Waals surface area contributed by atoms with Crippen LogP contribution in [0.2, 0.25) is 0 Å². The Hall–Kier alpha value is -1.79. The van der Waals surface area contributed by atoms with Crippen LogP contribution >= 0.6 is 0 Å². The number of hydrogen-bond donors (Lipinski definition) is 0. The highest BCUT2D eigenvalue weighted by molar-refractivity contribution is 7.89. The largest absolute Gasteiger partial charge is 0.300 e. The second-order valence-corrected chi connectivity index (χ2v) is 11.4.